The van der Waals surface area contributed by atoms with Gasteiger partial charge in [-0.1, -0.05) is 42.5 Å². The third-order valence-electron chi connectivity index (χ3n) is 5.51. The van der Waals surface area contributed by atoms with Gasteiger partial charge in [0.2, 0.25) is 0 Å². The van der Waals surface area contributed by atoms with Crippen LogP contribution in [0.4, 0.5) is 0 Å². The van der Waals surface area contributed by atoms with Crippen LogP contribution in [-0.4, -0.2) is 4.57 Å². The van der Waals surface area contributed by atoms with Gasteiger partial charge in [0.25, 0.3) is 0 Å². The van der Waals surface area contributed by atoms with Gasteiger partial charge in [-0.3, -0.25) is 0 Å². The van der Waals surface area contributed by atoms with Gasteiger partial charge in [0.05, 0.1) is 27.7 Å². The monoisotopic (exact) mass is 436 g/mol. The normalized spacial score (nSPS) is 11.6. The minimum Gasteiger partial charge on any atom is -0.455 e. The van der Waals surface area contributed by atoms with Crippen molar-refractivity contribution in [2.75, 3.05) is 0 Å². The predicted octanol–water partition coefficient (Wildman–Crippen LogP) is 7.32. The summed E-state index contributed by atoms with van der Waals surface area (Å²) < 4.78 is 9.35. The fraction of sp³-hybridized carbons (Fsp3) is 0. The van der Waals surface area contributed by atoms with E-state index in [1.54, 1.807) is 0 Å². The number of nitriles is 1. The van der Waals surface area contributed by atoms with Gasteiger partial charge in [-0.25, -0.2) is 0 Å². The number of para-hydroxylation sites is 3. The van der Waals surface area contributed by atoms with E-state index < -0.39 is 0 Å². The molecule has 2 heterocycles. The summed E-state index contributed by atoms with van der Waals surface area (Å²) in [5, 5.41) is 14.1. The molecule has 0 aliphatic heterocycles. The van der Waals surface area contributed by atoms with Crippen LogP contribution in [0.1, 0.15) is 5.56 Å². The van der Waals surface area contributed by atoms with Crippen LogP contribution in [0.2, 0.25) is 0 Å². The lowest BCUT2D eigenvalue weighted by atomic mass is 10.1. The Bertz CT molecular complexity index is 1630. The van der Waals surface area contributed by atoms with Gasteiger partial charge in [-0.05, 0) is 52.3 Å². The zero-order valence-corrected chi connectivity index (χ0v) is 16.8. The summed E-state index contributed by atoms with van der Waals surface area (Å²) in [7, 11) is 0. The molecule has 0 saturated heterocycles. The number of nitrogens with zero attached hydrogens (tertiary/aromatic N) is 2. The van der Waals surface area contributed by atoms with Crippen molar-refractivity contribution in [1.82, 2.24) is 4.57 Å². The van der Waals surface area contributed by atoms with Crippen LogP contribution in [-0.2, 0) is 0 Å². The van der Waals surface area contributed by atoms with Crippen molar-refractivity contribution < 1.29 is 4.42 Å². The van der Waals surface area contributed by atoms with Gasteiger partial charge in [0.1, 0.15) is 17.2 Å². The Morgan fingerprint density at radius 2 is 1.55 bits per heavy atom. The zero-order chi connectivity index (χ0) is 19.5. The second-order valence-electron chi connectivity index (χ2n) is 7.03. The Hall–Kier alpha value is -3.55. The molecule has 0 N–H and O–H groups in total. The number of furan rings is 1. The van der Waals surface area contributed by atoms with E-state index in [-0.39, 0.29) is 0 Å². The summed E-state index contributed by atoms with van der Waals surface area (Å²) in [5.74, 6) is 0. The second-order valence-corrected chi connectivity index (χ2v) is 7.89. The number of fused-ring (bicyclic) bond motifs is 7. The molecule has 2 aromatic heterocycles. The average Bonchev–Trinajstić information content (AvgIpc) is 3.29. The van der Waals surface area contributed by atoms with Crippen molar-refractivity contribution in [3.63, 3.8) is 0 Å². The smallest absolute Gasteiger partial charge is 0.145 e. The van der Waals surface area contributed by atoms with Gasteiger partial charge < -0.3 is 8.98 Å². The maximum absolute atomic E-state index is 9.75. The summed E-state index contributed by atoms with van der Waals surface area (Å²) in [6, 6.07) is 28.7. The van der Waals surface area contributed by atoms with Crippen LogP contribution in [0.25, 0.3) is 49.4 Å². The number of hydrogen-bond donors (Lipinski definition) is 0. The van der Waals surface area contributed by atoms with Crippen LogP contribution >= 0.6 is 15.9 Å². The first-order valence-corrected chi connectivity index (χ1v) is 10.1. The van der Waals surface area contributed by atoms with Crippen molar-refractivity contribution in [3.8, 4) is 11.8 Å². The molecule has 3 nitrogen and oxygen atoms in total. The first kappa shape index (κ1) is 16.4. The summed E-state index contributed by atoms with van der Waals surface area (Å²) in [4.78, 5) is 0. The fourth-order valence-electron chi connectivity index (χ4n) is 4.31. The minimum absolute atomic E-state index is 0.617. The topological polar surface area (TPSA) is 41.9 Å². The first-order chi connectivity index (χ1) is 14.3. The molecular weight excluding hydrogens is 424 g/mol. The lowest BCUT2D eigenvalue weighted by Crippen LogP contribution is -1.98. The fourth-order valence-corrected chi connectivity index (χ4v) is 4.85. The van der Waals surface area contributed by atoms with E-state index in [1.165, 1.54) is 0 Å². The molecule has 0 aliphatic carbocycles. The summed E-state index contributed by atoms with van der Waals surface area (Å²) in [6.07, 6.45) is 0. The third kappa shape index (κ3) is 2.16. The predicted molar refractivity (Wildman–Crippen MR) is 120 cm³/mol. The van der Waals surface area contributed by atoms with Crippen LogP contribution in [0.3, 0.4) is 0 Å². The number of rotatable bonds is 1. The minimum atomic E-state index is 0.617. The largest absolute Gasteiger partial charge is 0.455 e. The molecule has 136 valence electrons. The van der Waals surface area contributed by atoms with E-state index in [4.69, 9.17) is 4.42 Å². The summed E-state index contributed by atoms with van der Waals surface area (Å²) in [5.41, 5.74) is 5.28. The maximum Gasteiger partial charge on any atom is 0.145 e. The molecule has 0 fully saturated rings. The van der Waals surface area contributed by atoms with Crippen molar-refractivity contribution >= 4 is 59.7 Å². The van der Waals surface area contributed by atoms with E-state index in [9.17, 15) is 5.26 Å². The Morgan fingerprint density at radius 3 is 2.41 bits per heavy atom. The van der Waals surface area contributed by atoms with E-state index in [1.807, 2.05) is 48.5 Å². The van der Waals surface area contributed by atoms with E-state index in [0.29, 0.717) is 5.56 Å². The second kappa shape index (κ2) is 5.97. The summed E-state index contributed by atoms with van der Waals surface area (Å²) in [6.45, 7) is 0. The summed E-state index contributed by atoms with van der Waals surface area (Å²) >= 11 is 3.66. The first-order valence-electron chi connectivity index (χ1n) is 9.30. The van der Waals surface area contributed by atoms with Crippen LogP contribution in [0, 0.1) is 11.3 Å². The quantitative estimate of drug-likeness (QED) is 0.271. The van der Waals surface area contributed by atoms with Gasteiger partial charge in [-0.2, -0.15) is 5.26 Å². The third-order valence-corrected chi connectivity index (χ3v) is 6.15. The van der Waals surface area contributed by atoms with Gasteiger partial charge in [-0.15, -0.1) is 0 Å². The van der Waals surface area contributed by atoms with Gasteiger partial charge >= 0.3 is 0 Å². The highest BCUT2D eigenvalue weighted by atomic mass is 79.9. The van der Waals surface area contributed by atoms with Crippen molar-refractivity contribution in [2.45, 2.75) is 0 Å². The number of aromatic nitrogens is 1. The van der Waals surface area contributed by atoms with E-state index in [2.05, 4.69) is 56.9 Å². The SMILES string of the molecule is N#Cc1cccc(Br)c1-n1c2ccccc2c2c3oc4ccccc4c3ccc21. The van der Waals surface area contributed by atoms with Crippen molar-refractivity contribution in [2.24, 2.45) is 0 Å². The van der Waals surface area contributed by atoms with E-state index >= 15 is 0 Å². The molecule has 6 aromatic rings. The molecule has 0 aliphatic rings. The molecule has 29 heavy (non-hydrogen) atoms. The molecule has 0 atom stereocenters. The Labute approximate surface area is 174 Å². The zero-order valence-electron chi connectivity index (χ0n) is 15.2. The van der Waals surface area contributed by atoms with Crippen LogP contribution < -0.4 is 0 Å². The molecular formula is C25H13BrN2O. The number of halogens is 1. The highest BCUT2D eigenvalue weighted by Crippen LogP contribution is 2.41. The molecule has 0 saturated carbocycles. The molecule has 0 bridgehead atoms. The Kier molecular flexibility index (Phi) is 3.38. The van der Waals surface area contributed by atoms with Crippen molar-refractivity contribution in [3.05, 3.63) is 88.9 Å². The Morgan fingerprint density at radius 1 is 0.759 bits per heavy atom. The van der Waals surface area contributed by atoms with Gasteiger partial charge in [0.15, 0.2) is 0 Å². The van der Waals surface area contributed by atoms with Crippen LogP contribution in [0.15, 0.2) is 87.8 Å². The lowest BCUT2D eigenvalue weighted by molar-refractivity contribution is 0.673. The molecule has 0 unspecified atom stereocenters. The molecule has 0 radical (unpaired) electrons. The highest BCUT2D eigenvalue weighted by Gasteiger charge is 2.20. The molecule has 4 heteroatoms. The van der Waals surface area contributed by atoms with E-state index in [0.717, 1.165) is 53.9 Å². The highest BCUT2D eigenvalue weighted by molar-refractivity contribution is 9.10. The molecule has 0 spiro atoms. The molecule has 4 aromatic carbocycles. The average molecular weight is 437 g/mol. The standard InChI is InChI=1S/C25H13BrN2O/c26-19-9-5-6-15(14-27)24(19)28-20-10-3-1-8-18(20)23-21(28)13-12-17-16-7-2-4-11-22(16)29-25(17)23/h1-13H. The van der Waals surface area contributed by atoms with Crippen molar-refractivity contribution in [1.29, 1.82) is 5.26 Å². The lowest BCUT2D eigenvalue weighted by Gasteiger charge is -2.11. The molecule has 0 amide bonds. The number of hydrogen-bond acceptors (Lipinski definition) is 2. The Balaban J connectivity index is 1.89. The molecule has 6 rings (SSSR count). The number of benzene rings is 4. The van der Waals surface area contributed by atoms with Gasteiger partial charge in [0, 0.05) is 20.6 Å². The maximum atomic E-state index is 9.75. The van der Waals surface area contributed by atoms with Crippen LogP contribution in [0.5, 0.6) is 0 Å².